The van der Waals surface area contributed by atoms with Gasteiger partial charge in [0.25, 0.3) is 5.91 Å². The molecule has 4 rings (SSSR count). The van der Waals surface area contributed by atoms with Gasteiger partial charge in [-0.3, -0.25) is 4.79 Å². The van der Waals surface area contributed by atoms with Crippen molar-refractivity contribution in [3.8, 4) is 28.6 Å². The minimum Gasteiger partial charge on any atom is -0.494 e. The minimum absolute atomic E-state index is 0.301. The highest BCUT2D eigenvalue weighted by molar-refractivity contribution is 6.03. The van der Waals surface area contributed by atoms with E-state index in [4.69, 9.17) is 9.47 Å². The van der Waals surface area contributed by atoms with Crippen molar-refractivity contribution in [3.63, 3.8) is 0 Å². The fraction of sp³-hybridized carbons (Fsp3) is 0.111. The molecule has 2 aromatic heterocycles. The van der Waals surface area contributed by atoms with E-state index in [-0.39, 0.29) is 5.91 Å². The first-order chi connectivity index (χ1) is 12.6. The predicted molar refractivity (Wildman–Crippen MR) is 93.7 cm³/mol. The molecular formula is C18H15FN4O3. The molecule has 0 fully saturated rings. The molecule has 0 saturated carbocycles. The number of nitrogens with zero attached hydrogens (tertiary/aromatic N) is 1. The summed E-state index contributed by atoms with van der Waals surface area (Å²) in [6.45, 7) is 0. The number of nitrogens with one attached hydrogen (secondary N) is 3. The van der Waals surface area contributed by atoms with Crippen LogP contribution in [0.15, 0.2) is 36.7 Å². The van der Waals surface area contributed by atoms with E-state index in [1.54, 1.807) is 25.3 Å². The van der Waals surface area contributed by atoms with E-state index >= 15 is 0 Å². The van der Waals surface area contributed by atoms with Gasteiger partial charge in [0.15, 0.2) is 11.5 Å². The van der Waals surface area contributed by atoms with Crippen molar-refractivity contribution in [2.45, 2.75) is 0 Å². The summed E-state index contributed by atoms with van der Waals surface area (Å²) in [4.78, 5) is 19.4. The first kappa shape index (κ1) is 15.9. The number of hydrogen-bond donors (Lipinski definition) is 3. The molecule has 3 N–H and O–H groups in total. The Labute approximate surface area is 148 Å². The molecular weight excluding hydrogens is 339 g/mol. The third-order valence-corrected chi connectivity index (χ3v) is 4.08. The Morgan fingerprint density at radius 2 is 2.19 bits per heavy atom. The summed E-state index contributed by atoms with van der Waals surface area (Å²) in [6.07, 6.45) is 2.64. The summed E-state index contributed by atoms with van der Waals surface area (Å²) in [5.74, 6) is 0.666. The lowest BCUT2D eigenvalue weighted by Crippen LogP contribution is -2.21. The molecule has 0 radical (unpaired) electrons. The fourth-order valence-electron chi connectivity index (χ4n) is 2.84. The van der Waals surface area contributed by atoms with Crippen LogP contribution in [0.3, 0.4) is 0 Å². The Hall–Kier alpha value is -3.55. The second-order valence-electron chi connectivity index (χ2n) is 5.60. The van der Waals surface area contributed by atoms with Crippen LogP contribution in [0.2, 0.25) is 0 Å². The number of carbonyl (C=O) groups is 1. The zero-order valence-electron chi connectivity index (χ0n) is 14.0. The van der Waals surface area contributed by atoms with Crippen LogP contribution in [0.1, 0.15) is 10.4 Å². The molecule has 8 heteroatoms. The largest absolute Gasteiger partial charge is 0.494 e. The normalized spacial score (nSPS) is 11.7. The molecule has 1 aliphatic heterocycles. The van der Waals surface area contributed by atoms with Gasteiger partial charge in [-0.05, 0) is 12.1 Å². The van der Waals surface area contributed by atoms with Gasteiger partial charge in [0.05, 0.1) is 24.1 Å². The molecule has 26 heavy (non-hydrogen) atoms. The molecule has 1 aliphatic rings. The van der Waals surface area contributed by atoms with Gasteiger partial charge >= 0.3 is 0 Å². The Morgan fingerprint density at radius 1 is 1.35 bits per heavy atom. The number of pyridine rings is 1. The number of hydrogen-bond acceptors (Lipinski definition) is 5. The van der Waals surface area contributed by atoms with E-state index in [1.807, 2.05) is 0 Å². The summed E-state index contributed by atoms with van der Waals surface area (Å²) >= 11 is 0. The number of ether oxygens (including phenoxy) is 2. The number of para-hydroxylation sites is 1. The molecule has 7 nitrogen and oxygen atoms in total. The van der Waals surface area contributed by atoms with E-state index in [0.29, 0.717) is 45.6 Å². The zero-order valence-corrected chi connectivity index (χ0v) is 14.0. The van der Waals surface area contributed by atoms with Crippen LogP contribution < -0.4 is 20.1 Å². The van der Waals surface area contributed by atoms with Crippen molar-refractivity contribution in [1.29, 1.82) is 0 Å². The van der Waals surface area contributed by atoms with Crippen LogP contribution >= 0.6 is 0 Å². The fourth-order valence-corrected chi connectivity index (χ4v) is 2.84. The molecule has 132 valence electrons. The predicted octanol–water partition coefficient (Wildman–Crippen LogP) is 3.43. The third-order valence-electron chi connectivity index (χ3n) is 4.08. The highest BCUT2D eigenvalue weighted by atomic mass is 19.1. The van der Waals surface area contributed by atoms with Crippen LogP contribution in [-0.2, 0) is 0 Å². The van der Waals surface area contributed by atoms with E-state index < -0.39 is 5.82 Å². The first-order valence-electron chi connectivity index (χ1n) is 7.83. The third kappa shape index (κ3) is 2.43. The van der Waals surface area contributed by atoms with Crippen LogP contribution in [0.5, 0.6) is 17.2 Å². The van der Waals surface area contributed by atoms with Gasteiger partial charge in [-0.1, -0.05) is 6.07 Å². The Morgan fingerprint density at radius 3 is 2.88 bits per heavy atom. The molecule has 0 bridgehead atoms. The summed E-state index contributed by atoms with van der Waals surface area (Å²) in [5.41, 5.74) is 2.16. The van der Waals surface area contributed by atoms with E-state index in [1.165, 1.54) is 25.5 Å². The molecule has 0 unspecified atom stereocenters. The van der Waals surface area contributed by atoms with Crippen molar-refractivity contribution in [3.05, 3.63) is 48.0 Å². The van der Waals surface area contributed by atoms with Gasteiger partial charge in [-0.25, -0.2) is 9.37 Å². The maximum absolute atomic E-state index is 13.4. The lowest BCUT2D eigenvalue weighted by atomic mass is 10.1. The van der Waals surface area contributed by atoms with E-state index in [0.717, 1.165) is 0 Å². The Balaban J connectivity index is 1.93. The topological polar surface area (TPSA) is 88.3 Å². The summed E-state index contributed by atoms with van der Waals surface area (Å²) in [6, 6.07) is 6.64. The van der Waals surface area contributed by atoms with Crippen molar-refractivity contribution in [1.82, 2.24) is 15.3 Å². The molecule has 0 saturated heterocycles. The average Bonchev–Trinajstić information content (AvgIpc) is 3.10. The molecule has 0 aliphatic carbocycles. The number of methoxy groups -OCH3 is 1. The number of fused-ring (bicyclic) bond motifs is 2. The van der Waals surface area contributed by atoms with E-state index in [9.17, 15) is 9.18 Å². The number of rotatable bonds is 3. The lowest BCUT2D eigenvalue weighted by molar-refractivity contribution is 0.0963. The van der Waals surface area contributed by atoms with Gasteiger partial charge in [0.2, 0.25) is 0 Å². The lowest BCUT2D eigenvalue weighted by Gasteiger charge is -2.26. The van der Waals surface area contributed by atoms with Crippen LogP contribution in [0, 0.1) is 5.82 Å². The van der Waals surface area contributed by atoms with Gasteiger partial charge in [0, 0.05) is 25.5 Å². The standard InChI is InChI=1S/C18H15FN4O3/c1-20-18(24)10-8-22-15(11-6-9(19)7-21-11)17-14(10)23-16-12(25-2)4-3-5-13(16)26-17/h3-8,21,23H,1-2H3,(H,20,24). The minimum atomic E-state index is -0.420. The maximum atomic E-state index is 13.4. The Kier molecular flexibility index (Phi) is 3.72. The summed E-state index contributed by atoms with van der Waals surface area (Å²) in [5, 5.41) is 5.78. The van der Waals surface area contributed by atoms with Gasteiger partial charge in [-0.15, -0.1) is 0 Å². The maximum Gasteiger partial charge on any atom is 0.254 e. The highest BCUT2D eigenvalue weighted by Gasteiger charge is 2.28. The van der Waals surface area contributed by atoms with Crippen LogP contribution in [-0.4, -0.2) is 30.0 Å². The van der Waals surface area contributed by atoms with E-state index in [2.05, 4.69) is 20.6 Å². The van der Waals surface area contributed by atoms with Crippen molar-refractivity contribution in [2.75, 3.05) is 19.5 Å². The number of benzene rings is 1. The van der Waals surface area contributed by atoms with Crippen molar-refractivity contribution < 1.29 is 18.7 Å². The Bertz CT molecular complexity index is 1020. The quantitative estimate of drug-likeness (QED) is 0.525. The number of aromatic nitrogens is 2. The number of carbonyl (C=O) groups excluding carboxylic acids is 1. The number of H-pyrrole nitrogens is 1. The summed E-state index contributed by atoms with van der Waals surface area (Å²) < 4.78 is 24.8. The molecule has 0 spiro atoms. The van der Waals surface area contributed by atoms with Crippen molar-refractivity contribution in [2.24, 2.45) is 0 Å². The average molecular weight is 354 g/mol. The first-order valence-corrected chi connectivity index (χ1v) is 7.83. The molecule has 1 amide bonds. The van der Waals surface area contributed by atoms with Crippen LogP contribution in [0.4, 0.5) is 15.8 Å². The number of halogens is 1. The molecule has 1 aromatic carbocycles. The van der Waals surface area contributed by atoms with Gasteiger partial charge in [-0.2, -0.15) is 0 Å². The number of amides is 1. The number of aromatic amines is 1. The molecule has 0 atom stereocenters. The monoisotopic (exact) mass is 354 g/mol. The zero-order chi connectivity index (χ0) is 18.3. The van der Waals surface area contributed by atoms with Gasteiger partial charge < -0.3 is 25.1 Å². The van der Waals surface area contributed by atoms with Crippen molar-refractivity contribution >= 4 is 17.3 Å². The second-order valence-corrected chi connectivity index (χ2v) is 5.60. The van der Waals surface area contributed by atoms with Crippen LogP contribution in [0.25, 0.3) is 11.4 Å². The summed E-state index contributed by atoms with van der Waals surface area (Å²) in [7, 11) is 3.08. The molecule has 3 aromatic rings. The SMILES string of the molecule is CNC(=O)c1cnc(-c2cc(F)c[nH]2)c2c1Nc1c(OC)cccc1O2. The second kappa shape index (κ2) is 6.07. The molecule has 3 heterocycles. The smallest absolute Gasteiger partial charge is 0.254 e. The number of anilines is 2. The highest BCUT2D eigenvalue weighted by Crippen LogP contribution is 2.50. The van der Waals surface area contributed by atoms with Gasteiger partial charge in [0.1, 0.15) is 22.9 Å².